The van der Waals surface area contributed by atoms with Crippen LogP contribution in [0.4, 0.5) is 0 Å². The summed E-state index contributed by atoms with van der Waals surface area (Å²) in [6, 6.07) is 16.9. The van der Waals surface area contributed by atoms with Crippen molar-refractivity contribution in [2.24, 2.45) is 0 Å². The molecule has 0 unspecified atom stereocenters. The Bertz CT molecular complexity index is 902. The monoisotopic (exact) mass is 443 g/mol. The number of carbonyl (C=O) groups excluding carboxylic acids is 1. The molecule has 0 saturated carbocycles. The van der Waals surface area contributed by atoms with Crippen LogP contribution in [0, 0.1) is 6.92 Å². The number of hydrogen-bond acceptors (Lipinski definition) is 3. The molecule has 6 heteroatoms. The molecule has 162 valence electrons. The predicted octanol–water partition coefficient (Wildman–Crippen LogP) is 5.62. The van der Waals surface area contributed by atoms with Crippen molar-refractivity contribution in [2.45, 2.75) is 57.3 Å². The van der Waals surface area contributed by atoms with Gasteiger partial charge in [-0.3, -0.25) is 4.79 Å². The smallest absolute Gasteiger partial charge is 0.263 e. The number of hydrogen-bond donors (Lipinski definition) is 0. The summed E-state index contributed by atoms with van der Waals surface area (Å²) in [6.07, 6.45) is 0. The molecule has 0 fully saturated rings. The third-order valence-electron chi connectivity index (χ3n) is 5.53. The summed E-state index contributed by atoms with van der Waals surface area (Å²) in [5.74, 6) is -0.350. The summed E-state index contributed by atoms with van der Waals surface area (Å²) in [4.78, 5) is 13.9. The number of amides is 1. The Morgan fingerprint density at radius 2 is 1.63 bits per heavy atom. The first-order valence-electron chi connectivity index (χ1n) is 10.1. The van der Waals surface area contributed by atoms with E-state index in [9.17, 15) is 9.00 Å². The van der Waals surface area contributed by atoms with Crippen molar-refractivity contribution < 1.29 is 13.4 Å². The van der Waals surface area contributed by atoms with Gasteiger partial charge in [-0.25, -0.2) is 8.51 Å². The van der Waals surface area contributed by atoms with Crippen molar-refractivity contribution in [3.63, 3.8) is 0 Å². The Morgan fingerprint density at radius 1 is 1.07 bits per heavy atom. The molecule has 0 bridgehead atoms. The minimum absolute atomic E-state index is 0.0325. The fourth-order valence-corrected chi connectivity index (χ4v) is 4.60. The van der Waals surface area contributed by atoms with Gasteiger partial charge >= 0.3 is 0 Å². The fraction of sp³-hybridized carbons (Fsp3) is 0.375. The molecular weight excluding hydrogens is 410 g/mol. The largest absolute Gasteiger partial charge is 0.412 e. The highest BCUT2D eigenvalue weighted by molar-refractivity contribution is 7.83. The molecule has 0 aromatic heterocycles. The van der Waals surface area contributed by atoms with Crippen LogP contribution in [-0.4, -0.2) is 29.3 Å². The molecule has 0 N–H and O–H groups in total. The summed E-state index contributed by atoms with van der Waals surface area (Å²) < 4.78 is 20.9. The summed E-state index contributed by atoms with van der Waals surface area (Å²) in [6.45, 7) is 17.0. The quantitative estimate of drug-likeness (QED) is 0.393. The lowest BCUT2D eigenvalue weighted by Gasteiger charge is -2.36. The van der Waals surface area contributed by atoms with E-state index < -0.39 is 19.3 Å². The Balaban J connectivity index is 2.24. The number of aryl methyl sites for hydroxylation is 1. The van der Waals surface area contributed by atoms with E-state index in [-0.39, 0.29) is 24.1 Å². The van der Waals surface area contributed by atoms with E-state index in [1.807, 2.05) is 49.4 Å². The van der Waals surface area contributed by atoms with E-state index in [1.54, 1.807) is 12.1 Å². The highest BCUT2D eigenvalue weighted by atomic mass is 32.2. The second-order valence-corrected chi connectivity index (χ2v) is 15.3. The van der Waals surface area contributed by atoms with Gasteiger partial charge in [-0.1, -0.05) is 75.4 Å². The summed E-state index contributed by atoms with van der Waals surface area (Å²) >= 11 is 0. The van der Waals surface area contributed by atoms with Crippen molar-refractivity contribution in [1.29, 1.82) is 0 Å². The molecule has 1 atom stereocenters. The molecule has 2 rings (SSSR count). The van der Waals surface area contributed by atoms with Gasteiger partial charge in [0.25, 0.3) is 5.91 Å². The van der Waals surface area contributed by atoms with Crippen molar-refractivity contribution >= 4 is 25.2 Å². The molecular formula is C24H33NO3SSi. The van der Waals surface area contributed by atoms with E-state index in [4.69, 9.17) is 4.43 Å². The highest BCUT2D eigenvalue weighted by Crippen LogP contribution is 2.36. The van der Waals surface area contributed by atoms with Gasteiger partial charge in [-0.05, 0) is 42.8 Å². The van der Waals surface area contributed by atoms with Crippen LogP contribution in [-0.2, 0) is 26.8 Å². The van der Waals surface area contributed by atoms with Gasteiger partial charge in [0.05, 0.1) is 18.0 Å². The molecule has 30 heavy (non-hydrogen) atoms. The van der Waals surface area contributed by atoms with E-state index in [0.717, 1.165) is 11.1 Å². The zero-order chi connectivity index (χ0) is 22.5. The van der Waals surface area contributed by atoms with E-state index in [2.05, 4.69) is 40.4 Å². The lowest BCUT2D eigenvalue weighted by molar-refractivity contribution is -0.123. The van der Waals surface area contributed by atoms with Crippen LogP contribution in [0.1, 0.15) is 31.9 Å². The molecule has 4 nitrogen and oxygen atoms in total. The fourth-order valence-electron chi connectivity index (χ4n) is 2.46. The molecule has 0 heterocycles. The molecule has 0 aliphatic carbocycles. The van der Waals surface area contributed by atoms with E-state index >= 15 is 0 Å². The summed E-state index contributed by atoms with van der Waals surface area (Å²) in [5.41, 5.74) is 2.30. The lowest BCUT2D eigenvalue weighted by atomic mass is 10.2. The molecule has 2 aromatic rings. The topological polar surface area (TPSA) is 46.6 Å². The maximum Gasteiger partial charge on any atom is 0.263 e. The summed E-state index contributed by atoms with van der Waals surface area (Å²) in [7, 11) is -3.67. The van der Waals surface area contributed by atoms with Crippen LogP contribution >= 0.6 is 0 Å². The third-order valence-corrected chi connectivity index (χ3v) is 11.4. The van der Waals surface area contributed by atoms with Crippen LogP contribution < -0.4 is 0 Å². The first-order valence-corrected chi connectivity index (χ1v) is 14.1. The molecule has 1 amide bonds. The van der Waals surface area contributed by atoms with Crippen molar-refractivity contribution in [1.82, 2.24) is 4.31 Å². The van der Waals surface area contributed by atoms with Gasteiger partial charge in [-0.2, -0.15) is 0 Å². The average molecular weight is 444 g/mol. The predicted molar refractivity (Wildman–Crippen MR) is 127 cm³/mol. The van der Waals surface area contributed by atoms with Gasteiger partial charge in [0.15, 0.2) is 19.3 Å². The maximum atomic E-state index is 13.3. The number of carbonyl (C=O) groups is 1. The van der Waals surface area contributed by atoms with Crippen LogP contribution in [0.25, 0.3) is 0 Å². The number of nitrogens with zero attached hydrogens (tertiary/aromatic N) is 1. The second-order valence-electron chi connectivity index (χ2n) is 9.04. The second kappa shape index (κ2) is 9.86. The van der Waals surface area contributed by atoms with E-state index in [0.29, 0.717) is 10.5 Å². The molecule has 0 aliphatic heterocycles. The van der Waals surface area contributed by atoms with Crippen molar-refractivity contribution in [3.05, 3.63) is 77.9 Å². The summed E-state index contributed by atoms with van der Waals surface area (Å²) in [5, 5.41) is 0.0325. The van der Waals surface area contributed by atoms with Crippen LogP contribution in [0.2, 0.25) is 18.1 Å². The lowest BCUT2D eigenvalue weighted by Crippen LogP contribution is -2.42. The molecule has 0 spiro atoms. The first-order chi connectivity index (χ1) is 13.9. The highest BCUT2D eigenvalue weighted by Gasteiger charge is 2.37. The number of benzene rings is 2. The van der Waals surface area contributed by atoms with E-state index in [1.165, 1.54) is 4.31 Å². The minimum Gasteiger partial charge on any atom is -0.412 e. The van der Waals surface area contributed by atoms with Gasteiger partial charge in [0, 0.05) is 5.57 Å². The van der Waals surface area contributed by atoms with Gasteiger partial charge in [-0.15, -0.1) is 0 Å². The molecule has 0 radical (unpaired) electrons. The molecule has 0 aliphatic rings. The van der Waals surface area contributed by atoms with Gasteiger partial charge in [0.2, 0.25) is 0 Å². The molecule has 2 aromatic carbocycles. The standard InChI is InChI=1S/C24H33NO3SSi/c1-19-13-15-22(16-14-19)29(27)25(17-21-11-9-8-10-12-21)23(26)20(2)18-28-30(6,7)24(3,4)5/h8-16H,2,17-18H2,1,3-7H3/t29-/m0/s1. The zero-order valence-electron chi connectivity index (χ0n) is 18.9. The number of rotatable bonds is 8. The maximum absolute atomic E-state index is 13.3. The first kappa shape index (κ1) is 24.2. The van der Waals surface area contributed by atoms with Crippen LogP contribution in [0.5, 0.6) is 0 Å². The normalized spacial score (nSPS) is 13.0. The minimum atomic E-state index is -2.03. The Labute approximate surface area is 184 Å². The average Bonchev–Trinajstić information content (AvgIpc) is 2.69. The van der Waals surface area contributed by atoms with Crippen LogP contribution in [0.15, 0.2) is 71.6 Å². The Morgan fingerprint density at radius 3 is 2.17 bits per heavy atom. The Kier molecular flexibility index (Phi) is 7.97. The third kappa shape index (κ3) is 6.24. The molecule has 0 saturated heterocycles. The SMILES string of the molecule is C=C(CO[Si](C)(C)C(C)(C)C)C(=O)N(Cc1ccccc1)[S@@](=O)c1ccc(C)cc1. The van der Waals surface area contributed by atoms with Gasteiger partial charge < -0.3 is 4.43 Å². The van der Waals surface area contributed by atoms with Crippen LogP contribution in [0.3, 0.4) is 0 Å². The Hall–Kier alpha value is -2.02. The van der Waals surface area contributed by atoms with Crippen molar-refractivity contribution in [2.75, 3.05) is 6.61 Å². The van der Waals surface area contributed by atoms with Gasteiger partial charge in [0.1, 0.15) is 0 Å². The zero-order valence-corrected chi connectivity index (χ0v) is 20.7. The van der Waals surface area contributed by atoms with Crippen molar-refractivity contribution in [3.8, 4) is 0 Å².